The molecular formula is C7H9ClN2O3S. The largest absolute Gasteiger partial charge is 0.376 e. The Hall–Kier alpha value is -0.590. The Morgan fingerprint density at radius 2 is 2.29 bits per heavy atom. The van der Waals surface area contributed by atoms with Crippen LogP contribution in [0.25, 0.3) is 0 Å². The molecule has 0 amide bonds. The number of aromatic nitrogens is 2. The zero-order valence-electron chi connectivity index (χ0n) is 7.47. The molecule has 2 heterocycles. The molecule has 1 saturated heterocycles. The van der Waals surface area contributed by atoms with Crippen LogP contribution in [0.3, 0.4) is 0 Å². The van der Waals surface area contributed by atoms with Crippen molar-refractivity contribution in [3.05, 3.63) is 12.4 Å². The quantitative estimate of drug-likeness (QED) is 0.704. The third-order valence-corrected chi connectivity index (χ3v) is 3.53. The van der Waals surface area contributed by atoms with E-state index in [4.69, 9.17) is 15.4 Å². The van der Waals surface area contributed by atoms with Crippen LogP contribution in [0, 0.1) is 0 Å². The van der Waals surface area contributed by atoms with Crippen LogP contribution in [0.1, 0.15) is 6.92 Å². The van der Waals surface area contributed by atoms with Crippen molar-refractivity contribution in [2.45, 2.75) is 17.4 Å². The van der Waals surface area contributed by atoms with Crippen LogP contribution in [0.4, 0.5) is 0 Å². The molecule has 0 aromatic carbocycles. The van der Waals surface area contributed by atoms with Crippen LogP contribution in [0.15, 0.2) is 17.3 Å². The van der Waals surface area contributed by atoms with E-state index >= 15 is 0 Å². The average molecular weight is 237 g/mol. The van der Waals surface area contributed by atoms with Gasteiger partial charge in [0.2, 0.25) is 0 Å². The number of halogens is 1. The lowest BCUT2D eigenvalue weighted by atomic mass is 10.0. The lowest BCUT2D eigenvalue weighted by Crippen LogP contribution is -2.49. The van der Waals surface area contributed by atoms with Crippen LogP contribution in [0.5, 0.6) is 0 Å². The lowest BCUT2D eigenvalue weighted by Gasteiger charge is -2.38. The smallest absolute Gasteiger partial charge is 0.264 e. The van der Waals surface area contributed by atoms with Crippen molar-refractivity contribution in [2.24, 2.45) is 0 Å². The molecule has 0 saturated carbocycles. The second kappa shape index (κ2) is 2.95. The predicted octanol–water partition coefficient (Wildman–Crippen LogP) is 0.556. The van der Waals surface area contributed by atoms with Crippen molar-refractivity contribution in [3.63, 3.8) is 0 Å². The molecule has 0 atom stereocenters. The van der Waals surface area contributed by atoms with E-state index < -0.39 is 9.05 Å². The fraction of sp³-hybridized carbons (Fsp3) is 0.571. The number of hydrogen-bond donors (Lipinski definition) is 0. The molecule has 7 heteroatoms. The fourth-order valence-corrected chi connectivity index (χ4v) is 1.90. The Morgan fingerprint density at radius 1 is 1.64 bits per heavy atom. The van der Waals surface area contributed by atoms with E-state index in [1.54, 1.807) is 4.68 Å². The van der Waals surface area contributed by atoms with Gasteiger partial charge >= 0.3 is 0 Å². The monoisotopic (exact) mass is 236 g/mol. The first-order valence-electron chi connectivity index (χ1n) is 3.99. The molecule has 14 heavy (non-hydrogen) atoms. The Bertz CT molecular complexity index is 449. The summed E-state index contributed by atoms with van der Waals surface area (Å²) in [6, 6.07) is 0. The predicted molar refractivity (Wildman–Crippen MR) is 49.7 cm³/mol. The molecule has 0 N–H and O–H groups in total. The van der Waals surface area contributed by atoms with Gasteiger partial charge in [-0.3, -0.25) is 4.68 Å². The first-order chi connectivity index (χ1) is 6.42. The summed E-state index contributed by atoms with van der Waals surface area (Å²) in [4.78, 5) is 0.0206. The first kappa shape index (κ1) is 9.95. The molecule has 2 rings (SSSR count). The second-order valence-electron chi connectivity index (χ2n) is 3.55. The van der Waals surface area contributed by atoms with Crippen molar-refractivity contribution < 1.29 is 13.2 Å². The minimum Gasteiger partial charge on any atom is -0.376 e. The normalized spacial score (nSPS) is 20.4. The highest BCUT2D eigenvalue weighted by atomic mass is 35.7. The van der Waals surface area contributed by atoms with Gasteiger partial charge in [0.25, 0.3) is 9.05 Å². The van der Waals surface area contributed by atoms with Crippen LogP contribution >= 0.6 is 10.7 Å². The number of ether oxygens (including phenoxy) is 1. The first-order valence-corrected chi connectivity index (χ1v) is 6.30. The summed E-state index contributed by atoms with van der Waals surface area (Å²) in [5.41, 5.74) is -0.236. The SMILES string of the molecule is CC1(n2cc(S(=O)(=O)Cl)cn2)COC1. The van der Waals surface area contributed by atoms with E-state index in [1.807, 2.05) is 6.92 Å². The van der Waals surface area contributed by atoms with E-state index in [9.17, 15) is 8.42 Å². The van der Waals surface area contributed by atoms with Crippen LogP contribution in [0.2, 0.25) is 0 Å². The van der Waals surface area contributed by atoms with Crippen LogP contribution in [-0.4, -0.2) is 31.4 Å². The van der Waals surface area contributed by atoms with Crippen LogP contribution < -0.4 is 0 Å². The molecule has 0 radical (unpaired) electrons. The maximum Gasteiger partial charge on any atom is 0.264 e. The van der Waals surface area contributed by atoms with E-state index in [1.165, 1.54) is 12.4 Å². The molecule has 1 aromatic heterocycles. The second-order valence-corrected chi connectivity index (χ2v) is 6.11. The van der Waals surface area contributed by atoms with Crippen molar-refractivity contribution in [1.82, 2.24) is 9.78 Å². The van der Waals surface area contributed by atoms with Crippen molar-refractivity contribution in [2.75, 3.05) is 13.2 Å². The van der Waals surface area contributed by atoms with Gasteiger partial charge in [-0.15, -0.1) is 0 Å². The van der Waals surface area contributed by atoms with Gasteiger partial charge in [0.15, 0.2) is 0 Å². The molecule has 1 aliphatic rings. The van der Waals surface area contributed by atoms with Gasteiger partial charge in [-0.25, -0.2) is 8.42 Å². The maximum absolute atomic E-state index is 11.0. The van der Waals surface area contributed by atoms with Gasteiger partial charge in [-0.2, -0.15) is 5.10 Å². The van der Waals surface area contributed by atoms with Gasteiger partial charge < -0.3 is 4.74 Å². The molecule has 0 aliphatic carbocycles. The Morgan fingerprint density at radius 3 is 2.64 bits per heavy atom. The van der Waals surface area contributed by atoms with Gasteiger partial charge in [0.05, 0.1) is 19.4 Å². The molecule has 78 valence electrons. The average Bonchev–Trinajstić information content (AvgIpc) is 2.46. The Balaban J connectivity index is 2.35. The molecule has 1 aliphatic heterocycles. The summed E-state index contributed by atoms with van der Waals surface area (Å²) < 4.78 is 28.5. The summed E-state index contributed by atoms with van der Waals surface area (Å²) in [5.74, 6) is 0. The zero-order valence-corrected chi connectivity index (χ0v) is 9.05. The highest BCUT2D eigenvalue weighted by Gasteiger charge is 2.36. The molecular weight excluding hydrogens is 228 g/mol. The van der Waals surface area contributed by atoms with E-state index in [0.29, 0.717) is 13.2 Å². The van der Waals surface area contributed by atoms with E-state index in [2.05, 4.69) is 5.10 Å². The van der Waals surface area contributed by atoms with Crippen molar-refractivity contribution in [3.8, 4) is 0 Å². The Kier molecular flexibility index (Phi) is 2.09. The van der Waals surface area contributed by atoms with Gasteiger partial charge in [0.1, 0.15) is 10.4 Å². The summed E-state index contributed by atoms with van der Waals surface area (Å²) in [5, 5.41) is 3.95. The minimum atomic E-state index is -3.68. The molecule has 1 aromatic rings. The van der Waals surface area contributed by atoms with E-state index in [0.717, 1.165) is 0 Å². The summed E-state index contributed by atoms with van der Waals surface area (Å²) in [7, 11) is 1.49. The lowest BCUT2D eigenvalue weighted by molar-refractivity contribution is -0.0959. The number of rotatable bonds is 2. The zero-order chi connectivity index (χ0) is 10.4. The summed E-state index contributed by atoms with van der Waals surface area (Å²) in [6.07, 6.45) is 2.66. The topological polar surface area (TPSA) is 61.2 Å². The maximum atomic E-state index is 11.0. The molecule has 0 bridgehead atoms. The molecule has 0 unspecified atom stereocenters. The standard InChI is InChI=1S/C7H9ClN2O3S/c1-7(4-13-5-7)10-3-6(2-9-10)14(8,11)12/h2-3H,4-5H2,1H3. The van der Waals surface area contributed by atoms with Crippen molar-refractivity contribution in [1.29, 1.82) is 0 Å². The highest BCUT2D eigenvalue weighted by Crippen LogP contribution is 2.26. The molecule has 1 fully saturated rings. The third-order valence-electron chi connectivity index (χ3n) is 2.22. The van der Waals surface area contributed by atoms with Gasteiger partial charge in [0, 0.05) is 16.9 Å². The summed E-state index contributed by atoms with van der Waals surface area (Å²) >= 11 is 0. The Labute approximate surface area is 86.0 Å². The van der Waals surface area contributed by atoms with Crippen LogP contribution in [-0.2, 0) is 19.3 Å². The highest BCUT2D eigenvalue weighted by molar-refractivity contribution is 8.13. The fourth-order valence-electron chi connectivity index (χ4n) is 1.26. The molecule has 0 spiro atoms. The number of hydrogen-bond acceptors (Lipinski definition) is 4. The van der Waals surface area contributed by atoms with Gasteiger partial charge in [-0.1, -0.05) is 0 Å². The third kappa shape index (κ3) is 1.53. The molecule has 5 nitrogen and oxygen atoms in total. The van der Waals surface area contributed by atoms with Gasteiger partial charge in [-0.05, 0) is 6.92 Å². The minimum absolute atomic E-state index is 0.0206. The number of nitrogens with zero attached hydrogens (tertiary/aromatic N) is 2. The van der Waals surface area contributed by atoms with Crippen molar-refractivity contribution >= 4 is 19.7 Å². The van der Waals surface area contributed by atoms with E-state index in [-0.39, 0.29) is 10.4 Å². The summed E-state index contributed by atoms with van der Waals surface area (Å²) in [6.45, 7) is 3.01.